The van der Waals surface area contributed by atoms with Crippen LogP contribution in [0.15, 0.2) is 42.5 Å². The SMILES string of the molecule is Cc1ccc(CNc2ccc(Cl)cc2I)cc1. The number of rotatable bonds is 3. The summed E-state index contributed by atoms with van der Waals surface area (Å²) in [5.41, 5.74) is 3.69. The van der Waals surface area contributed by atoms with Crippen LogP contribution in [0, 0.1) is 10.5 Å². The summed E-state index contributed by atoms with van der Waals surface area (Å²) in [6.07, 6.45) is 0. The molecule has 1 nitrogen and oxygen atoms in total. The zero-order valence-electron chi connectivity index (χ0n) is 9.50. The van der Waals surface area contributed by atoms with Gasteiger partial charge in [-0.15, -0.1) is 0 Å². The molecule has 17 heavy (non-hydrogen) atoms. The molecule has 0 heterocycles. The Morgan fingerprint density at radius 3 is 2.47 bits per heavy atom. The Kier molecular flexibility index (Phi) is 4.29. The number of nitrogens with one attached hydrogen (secondary N) is 1. The van der Waals surface area contributed by atoms with E-state index in [0.717, 1.165) is 20.8 Å². The van der Waals surface area contributed by atoms with Gasteiger partial charge in [-0.25, -0.2) is 0 Å². The fourth-order valence-corrected chi connectivity index (χ4v) is 2.60. The second-order valence-electron chi connectivity index (χ2n) is 3.96. The standard InChI is InChI=1S/C14H13ClIN/c1-10-2-4-11(5-3-10)9-17-14-7-6-12(15)8-13(14)16/h2-8,17H,9H2,1H3. The molecule has 0 saturated heterocycles. The largest absolute Gasteiger partial charge is 0.380 e. The van der Waals surface area contributed by atoms with Gasteiger partial charge in [0.25, 0.3) is 0 Å². The van der Waals surface area contributed by atoms with Gasteiger partial charge in [0, 0.05) is 20.8 Å². The van der Waals surface area contributed by atoms with E-state index in [1.807, 2.05) is 18.2 Å². The van der Waals surface area contributed by atoms with Gasteiger partial charge in [0.2, 0.25) is 0 Å². The van der Waals surface area contributed by atoms with Crippen LogP contribution in [-0.4, -0.2) is 0 Å². The predicted molar refractivity (Wildman–Crippen MR) is 82.7 cm³/mol. The third kappa shape index (κ3) is 3.61. The Bertz CT molecular complexity index is 508. The second kappa shape index (κ2) is 5.74. The molecule has 0 saturated carbocycles. The minimum atomic E-state index is 0.773. The van der Waals surface area contributed by atoms with Gasteiger partial charge < -0.3 is 5.32 Å². The van der Waals surface area contributed by atoms with E-state index in [9.17, 15) is 0 Å². The lowest BCUT2D eigenvalue weighted by molar-refractivity contribution is 1.14. The topological polar surface area (TPSA) is 12.0 Å². The highest BCUT2D eigenvalue weighted by atomic mass is 127. The Hall–Kier alpha value is -0.740. The third-order valence-corrected chi connectivity index (χ3v) is 3.66. The van der Waals surface area contributed by atoms with Crippen molar-refractivity contribution in [3.8, 4) is 0 Å². The van der Waals surface area contributed by atoms with Crippen molar-refractivity contribution in [2.24, 2.45) is 0 Å². The molecule has 0 unspecified atom stereocenters. The summed E-state index contributed by atoms with van der Waals surface area (Å²) in [6.45, 7) is 2.93. The fourth-order valence-electron chi connectivity index (χ4n) is 1.54. The van der Waals surface area contributed by atoms with Crippen LogP contribution in [0.3, 0.4) is 0 Å². The van der Waals surface area contributed by atoms with Crippen molar-refractivity contribution in [1.29, 1.82) is 0 Å². The van der Waals surface area contributed by atoms with Crippen LogP contribution in [0.4, 0.5) is 5.69 Å². The molecule has 2 aromatic carbocycles. The summed E-state index contributed by atoms with van der Waals surface area (Å²) < 4.78 is 1.14. The minimum absolute atomic E-state index is 0.773. The molecule has 0 aliphatic rings. The molecular formula is C14H13ClIN. The zero-order valence-corrected chi connectivity index (χ0v) is 12.4. The number of anilines is 1. The molecule has 0 radical (unpaired) electrons. The summed E-state index contributed by atoms with van der Waals surface area (Å²) in [5.74, 6) is 0. The van der Waals surface area contributed by atoms with Crippen LogP contribution < -0.4 is 5.32 Å². The maximum absolute atomic E-state index is 5.92. The molecule has 0 aliphatic carbocycles. The zero-order chi connectivity index (χ0) is 12.3. The molecule has 0 bridgehead atoms. The average molecular weight is 358 g/mol. The molecule has 3 heteroatoms. The van der Waals surface area contributed by atoms with E-state index >= 15 is 0 Å². The van der Waals surface area contributed by atoms with E-state index in [1.165, 1.54) is 11.1 Å². The first-order chi connectivity index (χ1) is 8.15. The van der Waals surface area contributed by atoms with Gasteiger partial charge in [-0.3, -0.25) is 0 Å². The van der Waals surface area contributed by atoms with Crippen molar-refractivity contribution < 1.29 is 0 Å². The Morgan fingerprint density at radius 1 is 1.12 bits per heavy atom. The fraction of sp³-hybridized carbons (Fsp3) is 0.143. The van der Waals surface area contributed by atoms with Crippen LogP contribution in [0.2, 0.25) is 5.02 Å². The van der Waals surface area contributed by atoms with Crippen molar-refractivity contribution in [1.82, 2.24) is 0 Å². The lowest BCUT2D eigenvalue weighted by Crippen LogP contribution is -2.00. The number of aryl methyl sites for hydroxylation is 1. The van der Waals surface area contributed by atoms with Crippen molar-refractivity contribution >= 4 is 39.9 Å². The quantitative estimate of drug-likeness (QED) is 0.773. The smallest absolute Gasteiger partial charge is 0.0479 e. The van der Waals surface area contributed by atoms with Crippen LogP contribution in [0.1, 0.15) is 11.1 Å². The molecule has 0 fully saturated rings. The lowest BCUT2D eigenvalue weighted by atomic mass is 10.1. The van der Waals surface area contributed by atoms with E-state index in [-0.39, 0.29) is 0 Å². The van der Waals surface area contributed by atoms with Crippen LogP contribution in [0.5, 0.6) is 0 Å². The first-order valence-corrected chi connectivity index (χ1v) is 6.85. The van der Waals surface area contributed by atoms with Gasteiger partial charge in [0.15, 0.2) is 0 Å². The monoisotopic (exact) mass is 357 g/mol. The summed E-state index contributed by atoms with van der Waals surface area (Å²) in [7, 11) is 0. The van der Waals surface area contributed by atoms with Crippen molar-refractivity contribution in [3.05, 3.63) is 62.2 Å². The lowest BCUT2D eigenvalue weighted by Gasteiger charge is -2.09. The number of benzene rings is 2. The number of halogens is 2. The predicted octanol–water partition coefficient (Wildman–Crippen LogP) is 4.87. The molecule has 2 rings (SSSR count). The number of hydrogen-bond acceptors (Lipinski definition) is 1. The van der Waals surface area contributed by atoms with Crippen molar-refractivity contribution in [3.63, 3.8) is 0 Å². The van der Waals surface area contributed by atoms with E-state index in [1.54, 1.807) is 0 Å². The van der Waals surface area contributed by atoms with Gasteiger partial charge in [-0.1, -0.05) is 41.4 Å². The average Bonchev–Trinajstić information content (AvgIpc) is 2.30. The van der Waals surface area contributed by atoms with Crippen molar-refractivity contribution in [2.45, 2.75) is 13.5 Å². The van der Waals surface area contributed by atoms with Gasteiger partial charge >= 0.3 is 0 Å². The maximum Gasteiger partial charge on any atom is 0.0479 e. The minimum Gasteiger partial charge on any atom is -0.380 e. The number of hydrogen-bond donors (Lipinski definition) is 1. The van der Waals surface area contributed by atoms with E-state index in [2.05, 4.69) is 59.1 Å². The molecule has 88 valence electrons. The maximum atomic E-state index is 5.92. The third-order valence-electron chi connectivity index (χ3n) is 2.53. The first-order valence-electron chi connectivity index (χ1n) is 5.39. The summed E-state index contributed by atoms with van der Waals surface area (Å²) >= 11 is 8.21. The molecule has 0 aliphatic heterocycles. The first kappa shape index (κ1) is 12.7. The van der Waals surface area contributed by atoms with Crippen LogP contribution in [-0.2, 0) is 6.54 Å². The van der Waals surface area contributed by atoms with Gasteiger partial charge in [0.1, 0.15) is 0 Å². The van der Waals surface area contributed by atoms with Gasteiger partial charge in [-0.05, 0) is 53.3 Å². The van der Waals surface area contributed by atoms with Crippen LogP contribution in [0.25, 0.3) is 0 Å². The summed E-state index contributed by atoms with van der Waals surface area (Å²) in [6, 6.07) is 14.4. The Morgan fingerprint density at radius 2 is 1.82 bits per heavy atom. The molecular weight excluding hydrogens is 345 g/mol. The summed E-state index contributed by atoms with van der Waals surface area (Å²) in [5, 5.41) is 4.18. The molecule has 0 atom stereocenters. The Labute approximate surface area is 120 Å². The summed E-state index contributed by atoms with van der Waals surface area (Å²) in [4.78, 5) is 0. The Balaban J connectivity index is 2.04. The molecule has 0 aromatic heterocycles. The highest BCUT2D eigenvalue weighted by molar-refractivity contribution is 14.1. The molecule has 0 amide bonds. The van der Waals surface area contributed by atoms with Gasteiger partial charge in [0.05, 0.1) is 0 Å². The highest BCUT2D eigenvalue weighted by Gasteiger charge is 2.00. The van der Waals surface area contributed by atoms with E-state index in [4.69, 9.17) is 11.6 Å². The normalized spacial score (nSPS) is 10.3. The second-order valence-corrected chi connectivity index (χ2v) is 5.56. The van der Waals surface area contributed by atoms with Crippen LogP contribution >= 0.6 is 34.2 Å². The molecule has 0 spiro atoms. The van der Waals surface area contributed by atoms with Crippen molar-refractivity contribution in [2.75, 3.05) is 5.32 Å². The van der Waals surface area contributed by atoms with Gasteiger partial charge in [-0.2, -0.15) is 0 Å². The highest BCUT2D eigenvalue weighted by Crippen LogP contribution is 2.22. The van der Waals surface area contributed by atoms with E-state index in [0.29, 0.717) is 0 Å². The van der Waals surface area contributed by atoms with E-state index < -0.39 is 0 Å². The molecule has 1 N–H and O–H groups in total. The molecule has 2 aromatic rings.